The fraction of sp³-hybridized carbons (Fsp3) is 0.417. The average molecular weight is 258 g/mol. The Balaban J connectivity index is 3.33. The van der Waals surface area contributed by atoms with Crippen LogP contribution in [-0.4, -0.2) is 23.8 Å². The second kappa shape index (κ2) is 4.84. The van der Waals surface area contributed by atoms with Crippen LogP contribution in [0.1, 0.15) is 20.8 Å². The number of carboxylic acid groups (broad SMARTS) is 1. The topological polar surface area (TPSA) is 49.8 Å². The quantitative estimate of drug-likeness (QED) is 0.880. The highest BCUT2D eigenvalue weighted by Gasteiger charge is 2.30. The molecule has 4 nitrogen and oxygen atoms in total. The molecule has 0 atom stereocenters. The number of nitrogens with zero attached hydrogens (tertiary/aromatic N) is 1. The molecule has 0 radical (unpaired) electrons. The molecule has 0 heterocycles. The first kappa shape index (κ1) is 13.6. The molecule has 1 aromatic rings. The third kappa shape index (κ3) is 3.03. The third-order valence-corrected chi connectivity index (χ3v) is 2.48. The third-order valence-electron chi connectivity index (χ3n) is 2.24. The molecule has 0 unspecified atom stereocenters. The number of hydrogen-bond donors (Lipinski definition) is 1. The molecule has 94 valence electrons. The lowest BCUT2D eigenvalue weighted by Gasteiger charge is -2.33. The van der Waals surface area contributed by atoms with E-state index in [9.17, 15) is 9.90 Å². The van der Waals surface area contributed by atoms with E-state index in [1.54, 1.807) is 18.2 Å². The predicted molar refractivity (Wildman–Crippen MR) is 68.3 cm³/mol. The first-order valence-electron chi connectivity index (χ1n) is 5.14. The van der Waals surface area contributed by atoms with E-state index in [-0.39, 0.29) is 0 Å². The van der Waals surface area contributed by atoms with Gasteiger partial charge in [0.1, 0.15) is 5.75 Å². The summed E-state index contributed by atoms with van der Waals surface area (Å²) < 4.78 is 5.16. The minimum atomic E-state index is -1.03. The molecule has 1 rings (SSSR count). The molecule has 1 amide bonds. The van der Waals surface area contributed by atoms with Crippen LogP contribution in [0.2, 0.25) is 5.02 Å². The number of ether oxygens (including phenoxy) is 1. The van der Waals surface area contributed by atoms with Crippen LogP contribution in [0, 0.1) is 0 Å². The van der Waals surface area contributed by atoms with Crippen molar-refractivity contribution in [2.75, 3.05) is 12.0 Å². The summed E-state index contributed by atoms with van der Waals surface area (Å²) in [7, 11) is 1.48. The van der Waals surface area contributed by atoms with Gasteiger partial charge in [0, 0.05) is 16.6 Å². The minimum Gasteiger partial charge on any atom is -0.495 e. The van der Waals surface area contributed by atoms with E-state index < -0.39 is 11.6 Å². The van der Waals surface area contributed by atoms with Crippen LogP contribution in [0.4, 0.5) is 10.5 Å². The van der Waals surface area contributed by atoms with Crippen molar-refractivity contribution < 1.29 is 14.6 Å². The van der Waals surface area contributed by atoms with Gasteiger partial charge in [0.15, 0.2) is 0 Å². The lowest BCUT2D eigenvalue weighted by Crippen LogP contribution is -2.45. The summed E-state index contributed by atoms with van der Waals surface area (Å²) in [4.78, 5) is 12.6. The summed E-state index contributed by atoms with van der Waals surface area (Å²) in [5.74, 6) is 0.440. The number of methoxy groups -OCH3 is 1. The molecule has 0 spiro atoms. The molecule has 1 N–H and O–H groups in total. The highest BCUT2D eigenvalue weighted by molar-refractivity contribution is 6.30. The second-order valence-corrected chi connectivity index (χ2v) is 5.04. The summed E-state index contributed by atoms with van der Waals surface area (Å²) >= 11 is 5.85. The predicted octanol–water partition coefficient (Wildman–Crippen LogP) is 3.63. The molecular formula is C12H16ClNO3. The highest BCUT2D eigenvalue weighted by Crippen LogP contribution is 2.35. The Labute approximate surface area is 106 Å². The number of benzene rings is 1. The largest absolute Gasteiger partial charge is 0.495 e. The van der Waals surface area contributed by atoms with E-state index in [1.165, 1.54) is 12.0 Å². The molecule has 0 saturated carbocycles. The zero-order valence-electron chi connectivity index (χ0n) is 10.3. The van der Waals surface area contributed by atoms with Gasteiger partial charge in [0.05, 0.1) is 12.8 Å². The highest BCUT2D eigenvalue weighted by atomic mass is 35.5. The summed E-state index contributed by atoms with van der Waals surface area (Å²) in [5, 5.41) is 9.79. The Bertz CT molecular complexity index is 426. The maximum atomic E-state index is 11.3. The van der Waals surface area contributed by atoms with Crippen LogP contribution in [0.3, 0.4) is 0 Å². The van der Waals surface area contributed by atoms with Crippen molar-refractivity contribution in [2.45, 2.75) is 26.3 Å². The van der Waals surface area contributed by atoms with Crippen molar-refractivity contribution >= 4 is 23.4 Å². The van der Waals surface area contributed by atoms with Gasteiger partial charge < -0.3 is 9.84 Å². The van der Waals surface area contributed by atoms with E-state index in [2.05, 4.69) is 0 Å². The zero-order chi connectivity index (χ0) is 13.2. The van der Waals surface area contributed by atoms with Gasteiger partial charge >= 0.3 is 6.09 Å². The zero-order valence-corrected chi connectivity index (χ0v) is 11.1. The monoisotopic (exact) mass is 257 g/mol. The van der Waals surface area contributed by atoms with Gasteiger partial charge in [-0.1, -0.05) is 11.6 Å². The molecule has 0 bridgehead atoms. The van der Waals surface area contributed by atoms with Gasteiger partial charge in [-0.15, -0.1) is 0 Å². The normalized spacial score (nSPS) is 11.1. The first-order valence-corrected chi connectivity index (χ1v) is 5.52. The van der Waals surface area contributed by atoms with Crippen LogP contribution >= 0.6 is 11.6 Å². The summed E-state index contributed by atoms with van der Waals surface area (Å²) in [6, 6.07) is 4.88. The van der Waals surface area contributed by atoms with Crippen LogP contribution in [-0.2, 0) is 0 Å². The van der Waals surface area contributed by atoms with E-state index in [0.717, 1.165) is 0 Å². The first-order chi connectivity index (χ1) is 7.77. The summed E-state index contributed by atoms with van der Waals surface area (Å²) in [5.41, 5.74) is -0.0793. The Morgan fingerprint density at radius 3 is 2.41 bits per heavy atom. The lowest BCUT2D eigenvalue weighted by atomic mass is 10.1. The van der Waals surface area contributed by atoms with Crippen LogP contribution in [0.15, 0.2) is 18.2 Å². The van der Waals surface area contributed by atoms with Crippen molar-refractivity contribution in [3.63, 3.8) is 0 Å². The molecule has 0 aliphatic heterocycles. The van der Waals surface area contributed by atoms with Gasteiger partial charge in [-0.3, -0.25) is 4.90 Å². The number of rotatable bonds is 2. The molecule has 5 heteroatoms. The van der Waals surface area contributed by atoms with Gasteiger partial charge in [0.2, 0.25) is 0 Å². The molecule has 0 saturated heterocycles. The Morgan fingerprint density at radius 1 is 1.41 bits per heavy atom. The fourth-order valence-corrected chi connectivity index (χ4v) is 1.75. The smallest absolute Gasteiger partial charge is 0.412 e. The molecular weight excluding hydrogens is 242 g/mol. The van der Waals surface area contributed by atoms with Crippen LogP contribution in [0.5, 0.6) is 5.75 Å². The summed E-state index contributed by atoms with van der Waals surface area (Å²) in [6.45, 7) is 5.44. The van der Waals surface area contributed by atoms with E-state index in [4.69, 9.17) is 16.3 Å². The minimum absolute atomic E-state index is 0.440. The molecule has 0 aliphatic rings. The van der Waals surface area contributed by atoms with Crippen molar-refractivity contribution in [3.05, 3.63) is 23.2 Å². The van der Waals surface area contributed by atoms with Crippen LogP contribution < -0.4 is 9.64 Å². The number of halogens is 1. The Morgan fingerprint density at radius 2 is 2.00 bits per heavy atom. The lowest BCUT2D eigenvalue weighted by molar-refractivity contribution is 0.195. The van der Waals surface area contributed by atoms with E-state index >= 15 is 0 Å². The van der Waals surface area contributed by atoms with Gasteiger partial charge in [-0.05, 0) is 32.9 Å². The van der Waals surface area contributed by atoms with Gasteiger partial charge in [-0.25, -0.2) is 4.79 Å². The van der Waals surface area contributed by atoms with Crippen LogP contribution in [0.25, 0.3) is 0 Å². The standard InChI is InChI=1S/C12H16ClNO3/c1-12(2,3)14(11(15)16)9-6-5-8(13)7-10(9)17-4/h5-7H,1-4H3,(H,15,16). The maximum Gasteiger partial charge on any atom is 0.412 e. The average Bonchev–Trinajstić information content (AvgIpc) is 2.17. The van der Waals surface area contributed by atoms with E-state index in [0.29, 0.717) is 16.5 Å². The molecule has 1 aromatic carbocycles. The number of anilines is 1. The van der Waals surface area contributed by atoms with Crippen molar-refractivity contribution in [3.8, 4) is 5.75 Å². The fourth-order valence-electron chi connectivity index (χ4n) is 1.59. The van der Waals surface area contributed by atoms with E-state index in [1.807, 2.05) is 20.8 Å². The second-order valence-electron chi connectivity index (χ2n) is 4.60. The van der Waals surface area contributed by atoms with Crippen molar-refractivity contribution in [1.82, 2.24) is 0 Å². The Hall–Kier alpha value is -1.42. The molecule has 0 aliphatic carbocycles. The molecule has 0 aromatic heterocycles. The van der Waals surface area contributed by atoms with Crippen molar-refractivity contribution in [1.29, 1.82) is 0 Å². The Kier molecular flexibility index (Phi) is 3.88. The van der Waals surface area contributed by atoms with Gasteiger partial charge in [-0.2, -0.15) is 0 Å². The number of amides is 1. The van der Waals surface area contributed by atoms with Crippen molar-refractivity contribution in [2.24, 2.45) is 0 Å². The number of hydrogen-bond acceptors (Lipinski definition) is 2. The SMILES string of the molecule is COc1cc(Cl)ccc1N(C(=O)O)C(C)(C)C. The number of carbonyl (C=O) groups is 1. The summed E-state index contributed by atoms with van der Waals surface area (Å²) in [6.07, 6.45) is -1.03. The maximum absolute atomic E-state index is 11.3. The molecule has 0 fully saturated rings. The van der Waals surface area contributed by atoms with Gasteiger partial charge in [0.25, 0.3) is 0 Å². The molecule has 17 heavy (non-hydrogen) atoms.